The molecule has 1 aliphatic carbocycles. The molecule has 2 atom stereocenters. The van der Waals surface area contributed by atoms with Gasteiger partial charge in [0, 0.05) is 0 Å². The van der Waals surface area contributed by atoms with E-state index in [0.29, 0.717) is 36.3 Å². The van der Waals surface area contributed by atoms with Crippen molar-refractivity contribution in [2.24, 2.45) is 10.6 Å². The summed E-state index contributed by atoms with van der Waals surface area (Å²) in [4.78, 5) is 38.0. The number of methoxy groups -OCH3 is 1. The maximum atomic E-state index is 13.6. The Labute approximate surface area is 192 Å². The average molecular weight is 443 g/mol. The number of ketones is 1. The molecule has 0 heterocycles. The van der Waals surface area contributed by atoms with Crippen molar-refractivity contribution in [1.29, 1.82) is 0 Å². The molecular weight excluding hydrogens is 418 g/mol. The van der Waals surface area contributed by atoms with Gasteiger partial charge in [0.1, 0.15) is 23.8 Å². The third kappa shape index (κ3) is 4.70. The number of nitroso groups, excluding NO2 is 1. The number of nitrogens with zero attached hydrogens (tertiary/aromatic N) is 1. The third-order valence-electron chi connectivity index (χ3n) is 6.14. The minimum absolute atomic E-state index is 0.324. The lowest BCUT2D eigenvalue weighted by Gasteiger charge is -2.25. The molecular formula is C27H25NO5. The van der Waals surface area contributed by atoms with E-state index in [9.17, 15) is 14.5 Å². The zero-order chi connectivity index (χ0) is 23.3. The second-order valence-electron chi connectivity index (χ2n) is 8.22. The normalized spacial score (nSPS) is 15.7. The topological polar surface area (TPSA) is 82.0 Å². The van der Waals surface area contributed by atoms with Crippen LogP contribution in [-0.2, 0) is 20.9 Å². The highest BCUT2D eigenvalue weighted by molar-refractivity contribution is 6.09. The van der Waals surface area contributed by atoms with Crippen molar-refractivity contribution in [3.63, 3.8) is 0 Å². The van der Waals surface area contributed by atoms with Crippen LogP contribution in [0.1, 0.15) is 41.5 Å². The number of Topliss-reactive ketones (excluding diaryl/α,β-unsaturated/α-hetero) is 1. The average Bonchev–Trinajstić information content (AvgIpc) is 3.69. The highest BCUT2D eigenvalue weighted by Gasteiger charge is 2.60. The second kappa shape index (κ2) is 9.77. The smallest absolute Gasteiger partial charge is 0.319 e. The molecule has 33 heavy (non-hydrogen) atoms. The van der Waals surface area contributed by atoms with Crippen LogP contribution in [0.5, 0.6) is 5.75 Å². The van der Waals surface area contributed by atoms with Gasteiger partial charge >= 0.3 is 5.97 Å². The fourth-order valence-corrected chi connectivity index (χ4v) is 4.12. The highest BCUT2D eigenvalue weighted by Crippen LogP contribution is 2.53. The molecule has 1 saturated carbocycles. The molecule has 0 amide bonds. The van der Waals surface area contributed by atoms with Gasteiger partial charge in [-0.15, -0.1) is 0 Å². The van der Waals surface area contributed by atoms with E-state index in [1.165, 1.54) is 7.11 Å². The molecule has 0 aliphatic heterocycles. The number of hydrogen-bond acceptors (Lipinski definition) is 6. The van der Waals surface area contributed by atoms with Gasteiger partial charge in [0.15, 0.2) is 5.78 Å². The number of esters is 1. The van der Waals surface area contributed by atoms with E-state index in [4.69, 9.17) is 9.47 Å². The summed E-state index contributed by atoms with van der Waals surface area (Å²) in [6.07, 6.45) is 0.833. The van der Waals surface area contributed by atoms with Crippen LogP contribution >= 0.6 is 0 Å². The van der Waals surface area contributed by atoms with Crippen LogP contribution in [0.2, 0.25) is 0 Å². The summed E-state index contributed by atoms with van der Waals surface area (Å²) in [5.41, 5.74) is 1.07. The molecule has 3 aromatic carbocycles. The molecule has 0 spiro atoms. The number of hydrogen-bond donors (Lipinski definition) is 0. The molecule has 0 saturated heterocycles. The molecule has 6 nitrogen and oxygen atoms in total. The van der Waals surface area contributed by atoms with Crippen molar-refractivity contribution in [2.45, 2.75) is 31.4 Å². The lowest BCUT2D eigenvalue weighted by molar-refractivity contribution is -0.152. The van der Waals surface area contributed by atoms with Crippen LogP contribution in [0.4, 0.5) is 0 Å². The summed E-state index contributed by atoms with van der Waals surface area (Å²) in [5.74, 6) is -1.12. The Bertz CT molecular complexity index is 1110. The summed E-state index contributed by atoms with van der Waals surface area (Å²) < 4.78 is 10.7. The van der Waals surface area contributed by atoms with Crippen molar-refractivity contribution in [2.75, 3.05) is 7.11 Å². The summed E-state index contributed by atoms with van der Waals surface area (Å²) in [7, 11) is 1.27. The van der Waals surface area contributed by atoms with Gasteiger partial charge in [-0.3, -0.25) is 9.59 Å². The van der Waals surface area contributed by atoms with Crippen LogP contribution < -0.4 is 4.74 Å². The van der Waals surface area contributed by atoms with E-state index in [-0.39, 0.29) is 5.78 Å². The molecule has 3 aromatic rings. The van der Waals surface area contributed by atoms with Gasteiger partial charge in [-0.1, -0.05) is 78.0 Å². The first-order valence-corrected chi connectivity index (χ1v) is 10.9. The fraction of sp³-hybridized carbons (Fsp3) is 0.259. The van der Waals surface area contributed by atoms with E-state index in [2.05, 4.69) is 5.18 Å². The minimum atomic E-state index is -1.20. The van der Waals surface area contributed by atoms with Crippen molar-refractivity contribution in [1.82, 2.24) is 0 Å². The lowest BCUT2D eigenvalue weighted by Crippen LogP contribution is -2.34. The Kier molecular flexibility index (Phi) is 6.63. The van der Waals surface area contributed by atoms with Crippen LogP contribution in [0.25, 0.3) is 0 Å². The van der Waals surface area contributed by atoms with Crippen molar-refractivity contribution in [3.8, 4) is 5.75 Å². The van der Waals surface area contributed by atoms with Crippen LogP contribution in [0, 0.1) is 10.3 Å². The van der Waals surface area contributed by atoms with Crippen molar-refractivity contribution in [3.05, 3.63) is 107 Å². The van der Waals surface area contributed by atoms with Crippen molar-refractivity contribution < 1.29 is 19.1 Å². The van der Waals surface area contributed by atoms with Gasteiger partial charge in [0.25, 0.3) is 0 Å². The van der Waals surface area contributed by atoms with Gasteiger partial charge in [0.05, 0.1) is 13.0 Å². The van der Waals surface area contributed by atoms with Gasteiger partial charge in [0.2, 0.25) is 0 Å². The Morgan fingerprint density at radius 3 is 2.03 bits per heavy atom. The molecule has 1 fully saturated rings. The molecule has 6 heteroatoms. The summed E-state index contributed by atoms with van der Waals surface area (Å²) >= 11 is 0. The number of carbonyl (C=O) groups excluding carboxylic acids is 2. The predicted octanol–water partition coefficient (Wildman–Crippen LogP) is 5.38. The molecule has 0 aromatic heterocycles. The van der Waals surface area contributed by atoms with Crippen LogP contribution in [0.3, 0.4) is 0 Å². The number of benzene rings is 3. The highest BCUT2D eigenvalue weighted by atomic mass is 16.5. The minimum Gasteiger partial charge on any atom is -0.489 e. The molecule has 0 bridgehead atoms. The Morgan fingerprint density at radius 2 is 1.48 bits per heavy atom. The zero-order valence-corrected chi connectivity index (χ0v) is 18.3. The van der Waals surface area contributed by atoms with E-state index >= 15 is 0 Å². The van der Waals surface area contributed by atoms with E-state index in [1.807, 2.05) is 36.4 Å². The first kappa shape index (κ1) is 22.4. The molecule has 2 unspecified atom stereocenters. The van der Waals surface area contributed by atoms with Crippen LogP contribution in [0.15, 0.2) is 90.1 Å². The second-order valence-corrected chi connectivity index (χ2v) is 8.22. The van der Waals surface area contributed by atoms with E-state index < -0.39 is 23.3 Å². The number of carbonyl (C=O) groups is 2. The summed E-state index contributed by atoms with van der Waals surface area (Å²) in [5, 5.41) is 3.34. The van der Waals surface area contributed by atoms with Gasteiger partial charge in [-0.25, -0.2) is 0 Å². The van der Waals surface area contributed by atoms with Gasteiger partial charge in [-0.2, -0.15) is 4.91 Å². The van der Waals surface area contributed by atoms with E-state index in [1.54, 1.807) is 48.5 Å². The Balaban J connectivity index is 1.60. The number of ether oxygens (including phenoxy) is 2. The molecule has 1 aliphatic rings. The van der Waals surface area contributed by atoms with E-state index in [0.717, 1.165) is 5.56 Å². The monoisotopic (exact) mass is 443 g/mol. The standard InChI is InChI=1S/C27H25NO5/c1-32-26(30)27(16-17-27)25(29)23(20-10-6-3-7-11-20)24(28-31)21-12-14-22(15-13-21)33-18-19-8-4-2-5-9-19/h2-15,23-24H,16-18H2,1H3. The Morgan fingerprint density at radius 1 is 0.879 bits per heavy atom. The first-order chi connectivity index (χ1) is 16.1. The molecule has 0 radical (unpaired) electrons. The largest absolute Gasteiger partial charge is 0.489 e. The molecule has 4 rings (SSSR count). The Hall–Kier alpha value is -3.80. The maximum absolute atomic E-state index is 13.6. The summed E-state index contributed by atoms with van der Waals surface area (Å²) in [6, 6.07) is 24.8. The summed E-state index contributed by atoms with van der Waals surface area (Å²) in [6.45, 7) is 0.419. The maximum Gasteiger partial charge on any atom is 0.319 e. The molecule has 168 valence electrons. The van der Waals surface area contributed by atoms with Crippen molar-refractivity contribution >= 4 is 11.8 Å². The quantitative estimate of drug-likeness (QED) is 0.239. The predicted molar refractivity (Wildman–Crippen MR) is 124 cm³/mol. The third-order valence-corrected chi connectivity index (χ3v) is 6.14. The fourth-order valence-electron chi connectivity index (χ4n) is 4.12. The lowest BCUT2D eigenvalue weighted by atomic mass is 9.78. The molecule has 0 N–H and O–H groups in total. The SMILES string of the molecule is COC(=O)C1(C(=O)C(c2ccccc2)C(N=O)c2ccc(OCc3ccccc3)cc2)CC1. The van der Waals surface area contributed by atoms with Gasteiger partial charge < -0.3 is 9.47 Å². The zero-order valence-electron chi connectivity index (χ0n) is 18.3. The first-order valence-electron chi connectivity index (χ1n) is 10.9. The number of rotatable bonds is 10. The van der Waals surface area contributed by atoms with Gasteiger partial charge in [-0.05, 0) is 41.7 Å². The van der Waals surface area contributed by atoms with Crippen LogP contribution in [-0.4, -0.2) is 18.9 Å².